The Kier molecular flexibility index (Phi) is 2.02. The van der Waals surface area contributed by atoms with Crippen molar-refractivity contribution in [3.05, 3.63) is 28.0 Å². The third kappa shape index (κ3) is 1.33. The van der Waals surface area contributed by atoms with Crippen molar-refractivity contribution in [1.82, 2.24) is 0 Å². The summed E-state index contributed by atoms with van der Waals surface area (Å²) < 4.78 is 12.6. The number of benzene rings is 1. The minimum Gasteiger partial charge on any atom is -0.396 e. The Morgan fingerprint density at radius 1 is 1.30 bits per heavy atom. The normalized spacial score (nSPS) is 9.90. The largest absolute Gasteiger partial charge is 0.396 e. The molecule has 0 radical (unpaired) electrons. The van der Waals surface area contributed by atoms with Crippen LogP contribution in [-0.4, -0.2) is 0 Å². The Balaban J connectivity index is 3.31. The van der Waals surface area contributed by atoms with Gasteiger partial charge in [0.15, 0.2) is 5.82 Å². The topological polar surface area (TPSA) is 26.0 Å². The molecule has 0 spiro atoms. The Morgan fingerprint density at radius 3 is 2.40 bits per heavy atom. The van der Waals surface area contributed by atoms with Crippen LogP contribution >= 0.6 is 23.2 Å². The van der Waals surface area contributed by atoms with Crippen LogP contribution in [0.5, 0.6) is 0 Å². The van der Waals surface area contributed by atoms with Crippen LogP contribution in [0.3, 0.4) is 0 Å². The quantitative estimate of drug-likeness (QED) is 0.482. The molecule has 0 amide bonds. The molecule has 1 aromatic rings. The Morgan fingerprint density at radius 2 is 1.90 bits per heavy atom. The van der Waals surface area contributed by atoms with E-state index in [2.05, 4.69) is 0 Å². The second-order valence-corrected chi connectivity index (χ2v) is 2.63. The Labute approximate surface area is 67.5 Å². The van der Waals surface area contributed by atoms with E-state index in [9.17, 15) is 4.39 Å². The molecule has 0 unspecified atom stereocenters. The molecular weight excluding hydrogens is 176 g/mol. The predicted molar refractivity (Wildman–Crippen MR) is 40.8 cm³/mol. The first-order chi connectivity index (χ1) is 4.61. The van der Waals surface area contributed by atoms with Crippen molar-refractivity contribution in [2.75, 3.05) is 5.73 Å². The Bertz CT molecular complexity index is 239. The van der Waals surface area contributed by atoms with Gasteiger partial charge < -0.3 is 5.73 Å². The SMILES string of the molecule is Nc1cc(Cl)cc(Cl)c1F. The van der Waals surface area contributed by atoms with Gasteiger partial charge >= 0.3 is 0 Å². The standard InChI is InChI=1S/C6H4Cl2FN/c7-3-1-4(8)6(9)5(10)2-3/h1-2H,10H2. The summed E-state index contributed by atoms with van der Waals surface area (Å²) in [5.41, 5.74) is 5.15. The maximum atomic E-state index is 12.6. The van der Waals surface area contributed by atoms with Gasteiger partial charge in [-0.25, -0.2) is 4.39 Å². The highest BCUT2D eigenvalue weighted by Gasteiger charge is 2.04. The first-order valence-corrected chi connectivity index (χ1v) is 3.27. The molecule has 2 N–H and O–H groups in total. The molecule has 0 fully saturated rings. The maximum absolute atomic E-state index is 12.6. The molecule has 0 aliphatic rings. The highest BCUT2D eigenvalue weighted by atomic mass is 35.5. The molecule has 0 aliphatic heterocycles. The van der Waals surface area contributed by atoms with E-state index in [0.29, 0.717) is 5.02 Å². The van der Waals surface area contributed by atoms with Gasteiger partial charge in [0.1, 0.15) is 0 Å². The molecule has 0 bridgehead atoms. The molecule has 0 aromatic heterocycles. The molecule has 0 heterocycles. The van der Waals surface area contributed by atoms with Crippen molar-refractivity contribution < 1.29 is 4.39 Å². The van der Waals surface area contributed by atoms with E-state index >= 15 is 0 Å². The summed E-state index contributed by atoms with van der Waals surface area (Å²) in [5.74, 6) is -0.619. The molecule has 1 aromatic carbocycles. The fraction of sp³-hybridized carbons (Fsp3) is 0. The van der Waals surface area contributed by atoms with Gasteiger partial charge in [-0.3, -0.25) is 0 Å². The van der Waals surface area contributed by atoms with Crippen LogP contribution in [0.4, 0.5) is 10.1 Å². The van der Waals surface area contributed by atoms with Crippen LogP contribution in [0.2, 0.25) is 10.0 Å². The zero-order valence-corrected chi connectivity index (χ0v) is 6.38. The van der Waals surface area contributed by atoms with Gasteiger partial charge in [0.2, 0.25) is 0 Å². The summed E-state index contributed by atoms with van der Waals surface area (Å²) in [4.78, 5) is 0. The number of anilines is 1. The zero-order valence-electron chi connectivity index (χ0n) is 4.87. The van der Waals surface area contributed by atoms with Crippen molar-refractivity contribution in [3.8, 4) is 0 Å². The molecule has 0 saturated heterocycles. The summed E-state index contributed by atoms with van der Waals surface area (Å²) >= 11 is 10.9. The molecule has 4 heteroatoms. The van der Waals surface area contributed by atoms with Crippen LogP contribution < -0.4 is 5.73 Å². The van der Waals surface area contributed by atoms with Crippen molar-refractivity contribution in [3.63, 3.8) is 0 Å². The molecule has 1 nitrogen and oxygen atoms in total. The third-order valence-corrected chi connectivity index (χ3v) is 1.51. The monoisotopic (exact) mass is 179 g/mol. The smallest absolute Gasteiger partial charge is 0.164 e. The lowest BCUT2D eigenvalue weighted by molar-refractivity contribution is 0.633. The summed E-state index contributed by atoms with van der Waals surface area (Å²) in [5, 5.41) is 0.286. The molecule has 0 atom stereocenters. The number of nitrogen functional groups attached to an aromatic ring is 1. The number of hydrogen-bond donors (Lipinski definition) is 1. The molecule has 0 aliphatic carbocycles. The van der Waals surface area contributed by atoms with Crippen LogP contribution in [0.1, 0.15) is 0 Å². The molecule has 1 rings (SSSR count). The molecule has 54 valence electrons. The second kappa shape index (κ2) is 2.64. The van der Waals surface area contributed by atoms with E-state index in [1.165, 1.54) is 12.1 Å². The van der Waals surface area contributed by atoms with E-state index in [1.807, 2.05) is 0 Å². The van der Waals surface area contributed by atoms with E-state index in [0.717, 1.165) is 0 Å². The summed E-state index contributed by atoms with van der Waals surface area (Å²) in [6, 6.07) is 2.61. The van der Waals surface area contributed by atoms with E-state index in [4.69, 9.17) is 28.9 Å². The van der Waals surface area contributed by atoms with Crippen molar-refractivity contribution >= 4 is 28.9 Å². The van der Waals surface area contributed by atoms with E-state index < -0.39 is 5.82 Å². The molecular formula is C6H4Cl2FN. The van der Waals surface area contributed by atoms with Gasteiger partial charge in [-0.05, 0) is 12.1 Å². The minimum absolute atomic E-state index is 0.0301. The number of halogens is 3. The number of nitrogens with two attached hydrogens (primary N) is 1. The van der Waals surface area contributed by atoms with Crippen LogP contribution in [-0.2, 0) is 0 Å². The van der Waals surface area contributed by atoms with Gasteiger partial charge in [-0.15, -0.1) is 0 Å². The van der Waals surface area contributed by atoms with Gasteiger partial charge in [0, 0.05) is 5.02 Å². The fourth-order valence-electron chi connectivity index (χ4n) is 0.576. The predicted octanol–water partition coefficient (Wildman–Crippen LogP) is 2.71. The zero-order chi connectivity index (χ0) is 7.72. The van der Waals surface area contributed by atoms with Crippen molar-refractivity contribution in [2.45, 2.75) is 0 Å². The third-order valence-electron chi connectivity index (χ3n) is 1.02. The van der Waals surface area contributed by atoms with Crippen molar-refractivity contribution in [1.29, 1.82) is 0 Å². The Hall–Kier alpha value is -0.470. The van der Waals surface area contributed by atoms with Gasteiger partial charge in [0.25, 0.3) is 0 Å². The fourth-order valence-corrected chi connectivity index (χ4v) is 1.09. The van der Waals surface area contributed by atoms with E-state index in [-0.39, 0.29) is 10.7 Å². The molecule has 0 saturated carbocycles. The minimum atomic E-state index is -0.619. The lowest BCUT2D eigenvalue weighted by Crippen LogP contribution is -1.90. The first kappa shape index (κ1) is 7.63. The van der Waals surface area contributed by atoms with Crippen LogP contribution in [0.15, 0.2) is 12.1 Å². The van der Waals surface area contributed by atoms with Gasteiger partial charge in [-0.2, -0.15) is 0 Å². The maximum Gasteiger partial charge on any atom is 0.164 e. The summed E-state index contributed by atoms with van der Waals surface area (Å²) in [6.45, 7) is 0. The average Bonchev–Trinajstić information content (AvgIpc) is 1.82. The lowest BCUT2D eigenvalue weighted by atomic mass is 10.3. The number of rotatable bonds is 0. The molecule has 10 heavy (non-hydrogen) atoms. The first-order valence-electron chi connectivity index (χ1n) is 2.51. The summed E-state index contributed by atoms with van der Waals surface area (Å²) in [6.07, 6.45) is 0. The average molecular weight is 180 g/mol. The highest BCUT2D eigenvalue weighted by molar-refractivity contribution is 6.35. The second-order valence-electron chi connectivity index (χ2n) is 1.79. The van der Waals surface area contributed by atoms with Gasteiger partial charge in [-0.1, -0.05) is 23.2 Å². The van der Waals surface area contributed by atoms with Crippen LogP contribution in [0, 0.1) is 5.82 Å². The van der Waals surface area contributed by atoms with Gasteiger partial charge in [0.05, 0.1) is 10.7 Å². The van der Waals surface area contributed by atoms with E-state index in [1.54, 1.807) is 0 Å². The summed E-state index contributed by atoms with van der Waals surface area (Å²) in [7, 11) is 0. The highest BCUT2D eigenvalue weighted by Crippen LogP contribution is 2.24. The number of hydrogen-bond acceptors (Lipinski definition) is 1. The van der Waals surface area contributed by atoms with Crippen molar-refractivity contribution in [2.24, 2.45) is 0 Å². The van der Waals surface area contributed by atoms with Crippen LogP contribution in [0.25, 0.3) is 0 Å². The lowest BCUT2D eigenvalue weighted by Gasteiger charge is -1.98.